The van der Waals surface area contributed by atoms with Gasteiger partial charge in [0.05, 0.1) is 18.7 Å². The highest BCUT2D eigenvalue weighted by molar-refractivity contribution is 6.32. The average molecular weight is 351 g/mol. The van der Waals surface area contributed by atoms with Crippen molar-refractivity contribution < 1.29 is 18.7 Å². The fourth-order valence-electron chi connectivity index (χ4n) is 2.44. The fraction of sp³-hybridized carbons (Fsp3) is 0.294. The van der Waals surface area contributed by atoms with Crippen molar-refractivity contribution in [3.05, 3.63) is 59.1 Å². The van der Waals surface area contributed by atoms with E-state index in [1.807, 2.05) is 0 Å². The number of hydrogen-bond donors (Lipinski definition) is 0. The van der Waals surface area contributed by atoms with Gasteiger partial charge in [0.2, 0.25) is 0 Å². The molecule has 1 aliphatic rings. The average Bonchev–Trinajstić information content (AvgIpc) is 2.61. The molecule has 2 heterocycles. The van der Waals surface area contributed by atoms with Crippen LogP contribution in [0.25, 0.3) is 0 Å². The van der Waals surface area contributed by atoms with Gasteiger partial charge < -0.3 is 14.4 Å². The first kappa shape index (κ1) is 16.7. The Hall–Kier alpha value is -2.18. The van der Waals surface area contributed by atoms with E-state index < -0.39 is 0 Å². The normalized spacial score (nSPS) is 17.6. The first-order valence-electron chi connectivity index (χ1n) is 7.53. The first-order chi connectivity index (χ1) is 11.6. The minimum Gasteiger partial charge on any atom is -0.491 e. The van der Waals surface area contributed by atoms with Gasteiger partial charge in [0.15, 0.2) is 0 Å². The molecule has 24 heavy (non-hydrogen) atoms. The fourth-order valence-corrected chi connectivity index (χ4v) is 2.64. The van der Waals surface area contributed by atoms with Gasteiger partial charge >= 0.3 is 0 Å². The van der Waals surface area contributed by atoms with Gasteiger partial charge in [-0.25, -0.2) is 9.37 Å². The second-order valence-electron chi connectivity index (χ2n) is 5.35. The topological polar surface area (TPSA) is 51.7 Å². The van der Waals surface area contributed by atoms with Crippen LogP contribution in [-0.2, 0) is 4.74 Å². The Morgan fingerprint density at radius 1 is 1.38 bits per heavy atom. The molecule has 0 spiro atoms. The van der Waals surface area contributed by atoms with E-state index in [0.717, 1.165) is 0 Å². The molecule has 3 rings (SSSR count). The molecule has 0 unspecified atom stereocenters. The Morgan fingerprint density at radius 3 is 2.92 bits per heavy atom. The molecule has 0 bridgehead atoms. The van der Waals surface area contributed by atoms with Crippen LogP contribution < -0.4 is 4.74 Å². The van der Waals surface area contributed by atoms with Crippen LogP contribution >= 0.6 is 11.6 Å². The van der Waals surface area contributed by atoms with Gasteiger partial charge in [-0.1, -0.05) is 11.6 Å². The monoisotopic (exact) mass is 350 g/mol. The molecular weight excluding hydrogens is 335 g/mol. The van der Waals surface area contributed by atoms with Crippen molar-refractivity contribution in [1.29, 1.82) is 0 Å². The zero-order valence-corrected chi connectivity index (χ0v) is 13.6. The van der Waals surface area contributed by atoms with E-state index in [0.29, 0.717) is 31.0 Å². The summed E-state index contributed by atoms with van der Waals surface area (Å²) in [5, 5.41) is 0.188. The summed E-state index contributed by atoms with van der Waals surface area (Å²) in [5.41, 5.74) is 0.374. The number of nitrogens with zero attached hydrogens (tertiary/aromatic N) is 2. The summed E-state index contributed by atoms with van der Waals surface area (Å²) >= 11 is 5.98. The number of benzene rings is 1. The minimum atomic E-state index is -0.318. The third-order valence-corrected chi connectivity index (χ3v) is 3.97. The molecule has 126 valence electrons. The molecule has 1 atom stereocenters. The van der Waals surface area contributed by atoms with E-state index in [1.165, 1.54) is 18.3 Å². The van der Waals surface area contributed by atoms with Crippen LogP contribution in [0.5, 0.6) is 5.75 Å². The molecule has 2 aromatic rings. The lowest BCUT2D eigenvalue weighted by Crippen LogP contribution is -2.47. The molecule has 1 aliphatic heterocycles. The van der Waals surface area contributed by atoms with E-state index in [4.69, 9.17) is 21.1 Å². The zero-order valence-electron chi connectivity index (χ0n) is 12.8. The molecule has 1 aromatic heterocycles. The smallest absolute Gasteiger partial charge is 0.257 e. The summed E-state index contributed by atoms with van der Waals surface area (Å²) < 4.78 is 24.1. The lowest BCUT2D eigenvalue weighted by atomic mass is 10.2. The second-order valence-corrected chi connectivity index (χ2v) is 5.71. The van der Waals surface area contributed by atoms with Crippen LogP contribution in [0.3, 0.4) is 0 Å². The Bertz CT molecular complexity index is 711. The van der Waals surface area contributed by atoms with Crippen molar-refractivity contribution in [3.63, 3.8) is 0 Å². The van der Waals surface area contributed by atoms with Crippen LogP contribution in [0.1, 0.15) is 10.4 Å². The standard InChI is InChI=1S/C17H16ClFN2O3/c18-16-15(2-1-7-20-16)17(22)21-8-9-23-14(10-21)11-24-13-5-3-12(19)4-6-13/h1-7,14H,8-11H2/t14-/m0/s1. The van der Waals surface area contributed by atoms with E-state index in [1.54, 1.807) is 29.2 Å². The number of rotatable bonds is 4. The highest BCUT2D eigenvalue weighted by Crippen LogP contribution is 2.17. The number of pyridine rings is 1. The quantitative estimate of drug-likeness (QED) is 0.796. The van der Waals surface area contributed by atoms with Crippen molar-refractivity contribution >= 4 is 17.5 Å². The molecule has 5 nitrogen and oxygen atoms in total. The highest BCUT2D eigenvalue weighted by Gasteiger charge is 2.26. The largest absolute Gasteiger partial charge is 0.491 e. The molecule has 0 radical (unpaired) electrons. The second kappa shape index (κ2) is 7.59. The summed E-state index contributed by atoms with van der Waals surface area (Å²) in [6.07, 6.45) is 1.28. The van der Waals surface area contributed by atoms with Gasteiger partial charge in [-0.3, -0.25) is 4.79 Å². The van der Waals surface area contributed by atoms with Crippen molar-refractivity contribution in [1.82, 2.24) is 9.88 Å². The Kier molecular flexibility index (Phi) is 5.27. The van der Waals surface area contributed by atoms with Crippen molar-refractivity contribution in [2.75, 3.05) is 26.3 Å². The molecular formula is C17H16ClFN2O3. The van der Waals surface area contributed by atoms with Crippen LogP contribution in [0.15, 0.2) is 42.6 Å². The summed E-state index contributed by atoms with van der Waals surface area (Å²) in [5.74, 6) is 0.0586. The lowest BCUT2D eigenvalue weighted by Gasteiger charge is -2.33. The SMILES string of the molecule is O=C(c1cccnc1Cl)N1CCO[C@H](COc2ccc(F)cc2)C1. The van der Waals surface area contributed by atoms with Crippen LogP contribution in [0.4, 0.5) is 4.39 Å². The number of hydrogen-bond acceptors (Lipinski definition) is 4. The molecule has 0 saturated carbocycles. The number of aromatic nitrogens is 1. The van der Waals surface area contributed by atoms with Gasteiger partial charge in [0.1, 0.15) is 29.4 Å². The van der Waals surface area contributed by atoms with Gasteiger partial charge in [0, 0.05) is 12.7 Å². The first-order valence-corrected chi connectivity index (χ1v) is 7.91. The molecule has 7 heteroatoms. The Balaban J connectivity index is 1.59. The summed E-state index contributed by atoms with van der Waals surface area (Å²) in [6, 6.07) is 9.09. The highest BCUT2D eigenvalue weighted by atomic mass is 35.5. The van der Waals surface area contributed by atoms with Crippen molar-refractivity contribution in [2.45, 2.75) is 6.10 Å². The summed E-state index contributed by atoms with van der Waals surface area (Å²) in [7, 11) is 0. The number of amides is 1. The van der Waals surface area contributed by atoms with Crippen LogP contribution in [0, 0.1) is 5.82 Å². The Morgan fingerprint density at radius 2 is 2.17 bits per heavy atom. The molecule has 0 aliphatic carbocycles. The molecule has 1 fully saturated rings. The number of morpholine rings is 1. The number of halogens is 2. The van der Waals surface area contributed by atoms with Gasteiger partial charge in [-0.15, -0.1) is 0 Å². The lowest BCUT2D eigenvalue weighted by molar-refractivity contribution is -0.0401. The maximum absolute atomic E-state index is 12.9. The minimum absolute atomic E-state index is 0.178. The van der Waals surface area contributed by atoms with Crippen LogP contribution in [0.2, 0.25) is 5.15 Å². The van der Waals surface area contributed by atoms with E-state index in [9.17, 15) is 9.18 Å². The van der Waals surface area contributed by atoms with Crippen molar-refractivity contribution in [3.8, 4) is 5.75 Å². The third-order valence-electron chi connectivity index (χ3n) is 3.67. The summed E-state index contributed by atoms with van der Waals surface area (Å²) in [4.78, 5) is 18.1. The van der Waals surface area contributed by atoms with Gasteiger partial charge in [-0.05, 0) is 36.4 Å². The van der Waals surface area contributed by atoms with Crippen molar-refractivity contribution in [2.24, 2.45) is 0 Å². The summed E-state index contributed by atoms with van der Waals surface area (Å²) in [6.45, 7) is 1.57. The maximum Gasteiger partial charge on any atom is 0.257 e. The third kappa shape index (κ3) is 4.01. The predicted molar refractivity (Wildman–Crippen MR) is 86.8 cm³/mol. The van der Waals surface area contributed by atoms with Gasteiger partial charge in [-0.2, -0.15) is 0 Å². The van der Waals surface area contributed by atoms with E-state index in [-0.39, 0.29) is 29.6 Å². The number of carbonyl (C=O) groups excluding carboxylic acids is 1. The molecule has 1 saturated heterocycles. The number of carbonyl (C=O) groups is 1. The maximum atomic E-state index is 12.9. The van der Waals surface area contributed by atoms with E-state index >= 15 is 0 Å². The molecule has 0 N–H and O–H groups in total. The van der Waals surface area contributed by atoms with Crippen LogP contribution in [-0.4, -0.2) is 48.2 Å². The van der Waals surface area contributed by atoms with E-state index in [2.05, 4.69) is 4.98 Å². The number of ether oxygens (including phenoxy) is 2. The molecule has 1 aromatic carbocycles. The molecule has 1 amide bonds. The zero-order chi connectivity index (χ0) is 16.9. The van der Waals surface area contributed by atoms with Gasteiger partial charge in [0.25, 0.3) is 5.91 Å². The predicted octanol–water partition coefficient (Wildman–Crippen LogP) is 2.79. The Labute approximate surface area is 144 Å².